The van der Waals surface area contributed by atoms with Crippen LogP contribution in [0.5, 0.6) is 0 Å². The minimum atomic E-state index is -0.656. The summed E-state index contributed by atoms with van der Waals surface area (Å²) in [5.41, 5.74) is 2.80. The maximum Gasteiger partial charge on any atom is 0.344 e. The summed E-state index contributed by atoms with van der Waals surface area (Å²) in [6, 6.07) is 15.0. The first-order valence-electron chi connectivity index (χ1n) is 9.79. The number of ether oxygens (including phenoxy) is 1. The average molecular weight is 437 g/mol. The van der Waals surface area contributed by atoms with Crippen LogP contribution >= 0.6 is 11.8 Å². The van der Waals surface area contributed by atoms with Gasteiger partial charge >= 0.3 is 5.97 Å². The lowest BCUT2D eigenvalue weighted by molar-refractivity contribution is -0.145. The largest absolute Gasteiger partial charge is 0.457 e. The molecule has 158 valence electrons. The summed E-state index contributed by atoms with van der Waals surface area (Å²) in [6.45, 7) is 1.92. The fourth-order valence-corrected chi connectivity index (χ4v) is 4.67. The van der Waals surface area contributed by atoms with Crippen molar-refractivity contribution >= 4 is 29.5 Å². The molecule has 0 aliphatic carbocycles. The van der Waals surface area contributed by atoms with Gasteiger partial charge in [-0.3, -0.25) is 14.5 Å². The monoisotopic (exact) mass is 437 g/mol. The maximum atomic E-state index is 13.1. The molecule has 0 spiro atoms. The fraction of sp³-hybridized carbons (Fsp3) is 0.208. The van der Waals surface area contributed by atoms with Crippen molar-refractivity contribution in [3.05, 3.63) is 93.7 Å². The maximum absolute atomic E-state index is 13.1. The number of amides is 2. The van der Waals surface area contributed by atoms with Crippen molar-refractivity contribution in [2.75, 3.05) is 5.75 Å². The number of hydrogen-bond donors (Lipinski definition) is 0. The zero-order valence-corrected chi connectivity index (χ0v) is 17.7. The second-order valence-corrected chi connectivity index (χ2v) is 8.38. The molecule has 2 aromatic carbocycles. The lowest BCUT2D eigenvalue weighted by Gasteiger charge is -2.34. The van der Waals surface area contributed by atoms with Crippen molar-refractivity contribution in [1.29, 1.82) is 0 Å². The Kier molecular flexibility index (Phi) is 6.04. The Balaban J connectivity index is 1.51. The van der Waals surface area contributed by atoms with Gasteiger partial charge in [-0.15, -0.1) is 11.8 Å². The van der Waals surface area contributed by atoms with Crippen LogP contribution in [-0.2, 0) is 32.3 Å². The molecule has 0 bridgehead atoms. The summed E-state index contributed by atoms with van der Waals surface area (Å²) < 4.78 is 18.3. The van der Waals surface area contributed by atoms with Gasteiger partial charge in [0.2, 0.25) is 5.91 Å². The molecule has 0 N–H and O–H groups in total. The zero-order valence-electron chi connectivity index (χ0n) is 16.8. The van der Waals surface area contributed by atoms with E-state index in [1.165, 1.54) is 28.8 Å². The van der Waals surface area contributed by atoms with Crippen molar-refractivity contribution in [2.24, 2.45) is 5.92 Å². The van der Waals surface area contributed by atoms with Crippen molar-refractivity contribution in [2.45, 2.75) is 20.1 Å². The van der Waals surface area contributed by atoms with Crippen molar-refractivity contribution in [1.82, 2.24) is 4.90 Å². The summed E-state index contributed by atoms with van der Waals surface area (Å²) in [5, 5.41) is 0. The van der Waals surface area contributed by atoms with Crippen LogP contribution < -0.4 is 0 Å². The van der Waals surface area contributed by atoms with Gasteiger partial charge < -0.3 is 4.74 Å². The van der Waals surface area contributed by atoms with Crippen LogP contribution in [0.4, 0.5) is 4.39 Å². The molecule has 7 heteroatoms. The van der Waals surface area contributed by atoms with E-state index in [1.54, 1.807) is 25.1 Å². The molecule has 2 aliphatic rings. The van der Waals surface area contributed by atoms with Gasteiger partial charge in [0.25, 0.3) is 5.91 Å². The third-order valence-corrected chi connectivity index (χ3v) is 6.39. The number of fused-ring (bicyclic) bond motifs is 1. The number of carbonyl (C=O) groups excluding carboxylic acids is 3. The van der Waals surface area contributed by atoms with E-state index in [2.05, 4.69) is 0 Å². The second kappa shape index (κ2) is 8.89. The van der Waals surface area contributed by atoms with Crippen LogP contribution in [0.3, 0.4) is 0 Å². The zero-order chi connectivity index (χ0) is 22.0. The first kappa shape index (κ1) is 21.1. The Morgan fingerprint density at radius 2 is 1.81 bits per heavy atom. The molecule has 31 heavy (non-hydrogen) atoms. The van der Waals surface area contributed by atoms with Crippen LogP contribution in [-0.4, -0.2) is 28.4 Å². The number of halogens is 1. The predicted octanol–water partition coefficient (Wildman–Crippen LogP) is 4.00. The van der Waals surface area contributed by atoms with Crippen LogP contribution in [0.25, 0.3) is 0 Å². The Morgan fingerprint density at radius 3 is 2.52 bits per heavy atom. The van der Waals surface area contributed by atoms with E-state index < -0.39 is 11.9 Å². The van der Waals surface area contributed by atoms with Gasteiger partial charge in [0.15, 0.2) is 0 Å². The number of thioether (sulfide) groups is 1. The molecule has 5 nitrogen and oxygen atoms in total. The van der Waals surface area contributed by atoms with E-state index in [4.69, 9.17) is 4.74 Å². The SMILES string of the molecule is CC1=C2CSC(C(=O)OCc3ccc(F)cc3)=CC2C(=O)N(Cc2ccccc2)C1=O. The van der Waals surface area contributed by atoms with Crippen molar-refractivity contribution in [3.8, 4) is 0 Å². The predicted molar refractivity (Wildman–Crippen MR) is 115 cm³/mol. The molecule has 2 aromatic rings. The summed E-state index contributed by atoms with van der Waals surface area (Å²) in [5.74, 6) is -1.80. The summed E-state index contributed by atoms with van der Waals surface area (Å²) >= 11 is 1.25. The Hall–Kier alpha value is -3.19. The van der Waals surface area contributed by atoms with Gasteiger partial charge in [-0.1, -0.05) is 42.5 Å². The minimum Gasteiger partial charge on any atom is -0.457 e. The molecule has 0 fully saturated rings. The molecule has 0 saturated carbocycles. The van der Waals surface area contributed by atoms with Crippen LogP contribution in [0.15, 0.2) is 76.7 Å². The van der Waals surface area contributed by atoms with E-state index >= 15 is 0 Å². The van der Waals surface area contributed by atoms with Crippen LogP contribution in [0, 0.1) is 11.7 Å². The van der Waals surface area contributed by atoms with Crippen LogP contribution in [0.2, 0.25) is 0 Å². The number of rotatable bonds is 5. The fourth-order valence-electron chi connectivity index (χ4n) is 3.56. The van der Waals surface area contributed by atoms with Gasteiger partial charge in [-0.05, 0) is 41.8 Å². The number of esters is 1. The third kappa shape index (κ3) is 4.46. The second-order valence-electron chi connectivity index (χ2n) is 7.37. The lowest BCUT2D eigenvalue weighted by atomic mass is 9.89. The van der Waals surface area contributed by atoms with Gasteiger partial charge in [0, 0.05) is 11.3 Å². The van der Waals surface area contributed by atoms with Gasteiger partial charge in [-0.2, -0.15) is 0 Å². The molecular weight excluding hydrogens is 417 g/mol. The number of benzene rings is 2. The van der Waals surface area contributed by atoms with Crippen LogP contribution in [0.1, 0.15) is 18.1 Å². The molecule has 2 heterocycles. The third-order valence-electron chi connectivity index (χ3n) is 5.32. The van der Waals surface area contributed by atoms with Gasteiger partial charge in [-0.25, -0.2) is 9.18 Å². The van der Waals surface area contributed by atoms with Gasteiger partial charge in [0.05, 0.1) is 17.4 Å². The molecule has 1 unspecified atom stereocenters. The summed E-state index contributed by atoms with van der Waals surface area (Å²) in [7, 11) is 0. The highest BCUT2D eigenvalue weighted by atomic mass is 32.2. The molecular formula is C24H20FNO4S. The Labute approximate surface area is 183 Å². The van der Waals surface area contributed by atoms with E-state index in [0.29, 0.717) is 21.8 Å². The Bertz CT molecular complexity index is 1090. The van der Waals surface area contributed by atoms with Gasteiger partial charge in [0.1, 0.15) is 12.4 Å². The molecule has 0 radical (unpaired) electrons. The Morgan fingerprint density at radius 1 is 1.10 bits per heavy atom. The van der Waals surface area contributed by atoms with E-state index in [0.717, 1.165) is 11.1 Å². The van der Waals surface area contributed by atoms with E-state index in [1.807, 2.05) is 30.3 Å². The molecule has 0 saturated heterocycles. The highest BCUT2D eigenvalue weighted by molar-refractivity contribution is 8.04. The normalized spacial score (nSPS) is 18.6. The quantitative estimate of drug-likeness (QED) is 0.523. The number of carbonyl (C=O) groups is 3. The number of imide groups is 1. The average Bonchev–Trinajstić information content (AvgIpc) is 2.80. The first-order valence-corrected chi connectivity index (χ1v) is 10.8. The highest BCUT2D eigenvalue weighted by Gasteiger charge is 2.40. The highest BCUT2D eigenvalue weighted by Crippen LogP contribution is 2.38. The summed E-state index contributed by atoms with van der Waals surface area (Å²) in [4.78, 5) is 40.0. The smallest absolute Gasteiger partial charge is 0.344 e. The molecule has 2 amide bonds. The minimum absolute atomic E-state index is 0.00989. The lowest BCUT2D eigenvalue weighted by Crippen LogP contribution is -2.46. The number of nitrogens with zero attached hydrogens (tertiary/aromatic N) is 1. The first-order chi connectivity index (χ1) is 14.9. The molecule has 4 rings (SSSR count). The summed E-state index contributed by atoms with van der Waals surface area (Å²) in [6.07, 6.45) is 1.59. The molecule has 0 aromatic heterocycles. The molecule has 1 atom stereocenters. The van der Waals surface area contributed by atoms with Crippen molar-refractivity contribution in [3.63, 3.8) is 0 Å². The molecule has 2 aliphatic heterocycles. The van der Waals surface area contributed by atoms with E-state index in [-0.39, 0.29) is 30.8 Å². The number of hydrogen-bond acceptors (Lipinski definition) is 5. The standard InChI is InChI=1S/C24H20FNO4S/c1-15-20-14-31-21(24(29)30-13-17-7-9-18(25)10-8-17)11-19(20)23(28)26(22(15)27)12-16-5-3-2-4-6-16/h2-11,19H,12-14H2,1H3. The van der Waals surface area contributed by atoms with E-state index in [9.17, 15) is 18.8 Å². The van der Waals surface area contributed by atoms with Crippen molar-refractivity contribution < 1.29 is 23.5 Å². The topological polar surface area (TPSA) is 63.7 Å².